The summed E-state index contributed by atoms with van der Waals surface area (Å²) in [5.41, 5.74) is 0.776. The van der Waals surface area contributed by atoms with Crippen LogP contribution in [0.1, 0.15) is 15.9 Å². The predicted octanol–water partition coefficient (Wildman–Crippen LogP) is 0.810. The first kappa shape index (κ1) is 15.8. The zero-order chi connectivity index (χ0) is 15.1. The number of urea groups is 1. The van der Waals surface area contributed by atoms with E-state index in [0.29, 0.717) is 5.56 Å². The number of halogens is 2. The number of carboxylic acid groups (broad SMARTS) is 1. The second-order valence-corrected chi connectivity index (χ2v) is 3.97. The first-order valence-electron chi connectivity index (χ1n) is 5.70. The van der Waals surface area contributed by atoms with Crippen LogP contribution in [-0.2, 0) is 6.54 Å². The number of nitrogens with one attached hydrogen (secondary N) is 2. The first-order chi connectivity index (χ1) is 9.40. The summed E-state index contributed by atoms with van der Waals surface area (Å²) in [5.74, 6) is -1.05. The van der Waals surface area contributed by atoms with E-state index in [9.17, 15) is 18.4 Å². The molecule has 0 saturated heterocycles. The number of benzene rings is 1. The molecule has 1 unspecified atom stereocenters. The van der Waals surface area contributed by atoms with Gasteiger partial charge in [-0.1, -0.05) is 12.1 Å². The van der Waals surface area contributed by atoms with Gasteiger partial charge in [-0.25, -0.2) is 18.4 Å². The molecule has 4 N–H and O–H groups in total. The van der Waals surface area contributed by atoms with Crippen molar-refractivity contribution in [2.24, 2.45) is 0 Å². The molecule has 1 atom stereocenters. The highest BCUT2D eigenvalue weighted by Crippen LogP contribution is 2.04. The normalized spacial score (nSPS) is 12.0. The Morgan fingerprint density at radius 1 is 1.15 bits per heavy atom. The molecule has 0 heterocycles. The number of aromatic carboxylic acids is 1. The van der Waals surface area contributed by atoms with Crippen LogP contribution in [0, 0.1) is 0 Å². The molecule has 0 radical (unpaired) electrons. The number of aliphatic hydroxyl groups excluding tert-OH is 1. The molecule has 2 amide bonds. The second kappa shape index (κ2) is 7.39. The monoisotopic (exact) mass is 288 g/mol. The van der Waals surface area contributed by atoms with E-state index in [1.165, 1.54) is 24.3 Å². The van der Waals surface area contributed by atoms with Gasteiger partial charge in [0.15, 0.2) is 0 Å². The van der Waals surface area contributed by atoms with Crippen LogP contribution >= 0.6 is 0 Å². The van der Waals surface area contributed by atoms with Crippen LogP contribution in [-0.4, -0.2) is 41.3 Å². The summed E-state index contributed by atoms with van der Waals surface area (Å²) in [4.78, 5) is 21.9. The fraction of sp³-hybridized carbons (Fsp3) is 0.333. The van der Waals surface area contributed by atoms with Crippen molar-refractivity contribution in [1.82, 2.24) is 10.6 Å². The number of rotatable bonds is 6. The maximum atomic E-state index is 12.0. The zero-order valence-electron chi connectivity index (χ0n) is 10.3. The fourth-order valence-corrected chi connectivity index (χ4v) is 1.30. The molecule has 0 fully saturated rings. The Morgan fingerprint density at radius 3 is 2.25 bits per heavy atom. The van der Waals surface area contributed by atoms with Crippen molar-refractivity contribution in [2.75, 3.05) is 6.54 Å². The molecule has 0 saturated carbocycles. The minimum Gasteiger partial charge on any atom is -0.478 e. The molecule has 0 spiro atoms. The van der Waals surface area contributed by atoms with Gasteiger partial charge in [0.05, 0.1) is 12.1 Å². The minimum atomic E-state index is -2.92. The molecule has 110 valence electrons. The van der Waals surface area contributed by atoms with Gasteiger partial charge in [0.25, 0.3) is 6.43 Å². The molecule has 20 heavy (non-hydrogen) atoms. The maximum Gasteiger partial charge on any atom is 0.335 e. The van der Waals surface area contributed by atoms with E-state index in [0.717, 1.165) is 0 Å². The zero-order valence-corrected chi connectivity index (χ0v) is 10.3. The van der Waals surface area contributed by atoms with E-state index in [1.807, 2.05) is 0 Å². The van der Waals surface area contributed by atoms with Gasteiger partial charge in [-0.3, -0.25) is 0 Å². The molecule has 0 aliphatic rings. The van der Waals surface area contributed by atoms with E-state index in [2.05, 4.69) is 10.6 Å². The van der Waals surface area contributed by atoms with Gasteiger partial charge in [0.1, 0.15) is 6.10 Å². The molecule has 0 aliphatic carbocycles. The van der Waals surface area contributed by atoms with Crippen LogP contribution in [0.15, 0.2) is 24.3 Å². The summed E-state index contributed by atoms with van der Waals surface area (Å²) < 4.78 is 23.9. The lowest BCUT2D eigenvalue weighted by Crippen LogP contribution is -2.41. The summed E-state index contributed by atoms with van der Waals surface area (Å²) in [7, 11) is 0. The largest absolute Gasteiger partial charge is 0.478 e. The van der Waals surface area contributed by atoms with Crippen molar-refractivity contribution in [3.05, 3.63) is 35.4 Å². The molecule has 0 aliphatic heterocycles. The average molecular weight is 288 g/mol. The summed E-state index contributed by atoms with van der Waals surface area (Å²) in [5, 5.41) is 22.0. The molecule has 0 bridgehead atoms. The van der Waals surface area contributed by atoms with Crippen LogP contribution in [0.4, 0.5) is 13.6 Å². The molecule has 1 aromatic carbocycles. The summed E-state index contributed by atoms with van der Waals surface area (Å²) in [6, 6.07) is 5.12. The highest BCUT2D eigenvalue weighted by molar-refractivity contribution is 5.87. The first-order valence-corrected chi connectivity index (χ1v) is 5.70. The third kappa shape index (κ3) is 5.19. The van der Waals surface area contributed by atoms with Crippen LogP contribution in [0.2, 0.25) is 0 Å². The Morgan fingerprint density at radius 2 is 1.75 bits per heavy atom. The lowest BCUT2D eigenvalue weighted by Gasteiger charge is -2.11. The van der Waals surface area contributed by atoms with Crippen molar-refractivity contribution in [1.29, 1.82) is 0 Å². The number of carboxylic acids is 1. The summed E-state index contributed by atoms with van der Waals surface area (Å²) in [6.07, 6.45) is -4.82. The van der Waals surface area contributed by atoms with Gasteiger partial charge in [-0.15, -0.1) is 0 Å². The third-order valence-corrected chi connectivity index (χ3v) is 2.42. The minimum absolute atomic E-state index is 0.108. The standard InChI is InChI=1S/C12H14F2N2O4/c13-10(14)9(17)6-16-12(20)15-5-7-1-3-8(4-2-7)11(18)19/h1-4,9-10,17H,5-6H2,(H,18,19)(H2,15,16,20). The number of alkyl halides is 2. The highest BCUT2D eigenvalue weighted by Gasteiger charge is 2.17. The number of hydrogen-bond acceptors (Lipinski definition) is 3. The van der Waals surface area contributed by atoms with Crippen molar-refractivity contribution in [3.8, 4) is 0 Å². The quantitative estimate of drug-likeness (QED) is 0.622. The number of carbonyl (C=O) groups excluding carboxylic acids is 1. The number of amides is 2. The van der Waals surface area contributed by atoms with Gasteiger partial charge in [-0.2, -0.15) is 0 Å². The van der Waals surface area contributed by atoms with Gasteiger partial charge >= 0.3 is 12.0 Å². The van der Waals surface area contributed by atoms with Crippen molar-refractivity contribution < 1.29 is 28.6 Å². The lowest BCUT2D eigenvalue weighted by atomic mass is 10.1. The molecule has 6 nitrogen and oxygen atoms in total. The Labute approximate surface area is 113 Å². The molecular formula is C12H14F2N2O4. The van der Waals surface area contributed by atoms with Gasteiger partial charge in [0.2, 0.25) is 0 Å². The Hall–Kier alpha value is -2.22. The van der Waals surface area contributed by atoms with E-state index >= 15 is 0 Å². The Kier molecular flexibility index (Phi) is 5.85. The lowest BCUT2D eigenvalue weighted by molar-refractivity contribution is -0.00175. The Balaban J connectivity index is 2.35. The van der Waals surface area contributed by atoms with Crippen LogP contribution < -0.4 is 10.6 Å². The van der Waals surface area contributed by atoms with Gasteiger partial charge in [-0.05, 0) is 17.7 Å². The highest BCUT2D eigenvalue weighted by atomic mass is 19.3. The van der Waals surface area contributed by atoms with E-state index in [4.69, 9.17) is 10.2 Å². The number of hydrogen-bond donors (Lipinski definition) is 4. The summed E-state index contributed by atoms with van der Waals surface area (Å²) >= 11 is 0. The number of aliphatic hydroxyl groups is 1. The fourth-order valence-electron chi connectivity index (χ4n) is 1.30. The molecule has 0 aromatic heterocycles. The van der Waals surface area contributed by atoms with Gasteiger partial charge in [0, 0.05) is 6.54 Å². The van der Waals surface area contributed by atoms with Crippen LogP contribution in [0.3, 0.4) is 0 Å². The second-order valence-electron chi connectivity index (χ2n) is 3.97. The smallest absolute Gasteiger partial charge is 0.335 e. The van der Waals surface area contributed by atoms with Crippen molar-refractivity contribution >= 4 is 12.0 Å². The molecular weight excluding hydrogens is 274 g/mol. The maximum absolute atomic E-state index is 12.0. The summed E-state index contributed by atoms with van der Waals surface area (Å²) in [6.45, 7) is -0.446. The Bertz CT molecular complexity index is 465. The van der Waals surface area contributed by atoms with Crippen molar-refractivity contribution in [2.45, 2.75) is 19.1 Å². The van der Waals surface area contributed by atoms with Crippen LogP contribution in [0.25, 0.3) is 0 Å². The predicted molar refractivity (Wildman–Crippen MR) is 65.7 cm³/mol. The topological polar surface area (TPSA) is 98.7 Å². The molecule has 1 rings (SSSR count). The van der Waals surface area contributed by atoms with Crippen LogP contribution in [0.5, 0.6) is 0 Å². The van der Waals surface area contributed by atoms with E-state index in [1.54, 1.807) is 0 Å². The SMILES string of the molecule is O=C(NCc1ccc(C(=O)O)cc1)NCC(O)C(F)F. The van der Waals surface area contributed by atoms with Crippen molar-refractivity contribution in [3.63, 3.8) is 0 Å². The molecule has 1 aromatic rings. The van der Waals surface area contributed by atoms with Gasteiger partial charge < -0.3 is 20.8 Å². The third-order valence-electron chi connectivity index (χ3n) is 2.42. The van der Waals surface area contributed by atoms with E-state index in [-0.39, 0.29) is 12.1 Å². The molecule has 8 heteroatoms. The average Bonchev–Trinajstić information content (AvgIpc) is 2.42. The van der Waals surface area contributed by atoms with E-state index < -0.39 is 31.1 Å². The number of carbonyl (C=O) groups is 2.